The molecule has 0 fully saturated rings. The van der Waals surface area contributed by atoms with E-state index in [1.165, 1.54) is 16.8 Å². The highest BCUT2D eigenvalue weighted by molar-refractivity contribution is 5.74. The Morgan fingerprint density at radius 3 is 2.88 bits per heavy atom. The van der Waals surface area contributed by atoms with Crippen LogP contribution in [0.1, 0.15) is 44.0 Å². The van der Waals surface area contributed by atoms with E-state index < -0.39 is 11.6 Å². The molecule has 5 nitrogen and oxygen atoms in total. The number of nitrogens with zero attached hydrogens (tertiary/aromatic N) is 2. The van der Waals surface area contributed by atoms with Crippen LogP contribution in [0, 0.1) is 11.6 Å². The van der Waals surface area contributed by atoms with Crippen molar-refractivity contribution in [3.8, 4) is 5.69 Å². The number of carbonyl (C=O) groups excluding carboxylic acids is 1. The SMILES string of the molecule is CC(C)NC(=O)N[C@H]1CCCc2c1cnn2-c1ccc(F)cc1F. The van der Waals surface area contributed by atoms with Gasteiger partial charge in [-0.25, -0.2) is 18.3 Å². The first-order valence-corrected chi connectivity index (χ1v) is 8.05. The number of nitrogens with one attached hydrogen (secondary N) is 2. The van der Waals surface area contributed by atoms with Crippen LogP contribution in [0.15, 0.2) is 24.4 Å². The van der Waals surface area contributed by atoms with Crippen molar-refractivity contribution in [1.29, 1.82) is 0 Å². The number of aromatic nitrogens is 2. The molecule has 128 valence electrons. The molecule has 7 heteroatoms. The fourth-order valence-electron chi connectivity index (χ4n) is 3.03. The summed E-state index contributed by atoms with van der Waals surface area (Å²) in [7, 11) is 0. The van der Waals surface area contributed by atoms with Gasteiger partial charge in [-0.3, -0.25) is 0 Å². The third kappa shape index (κ3) is 3.25. The van der Waals surface area contributed by atoms with Crippen LogP contribution in [0.5, 0.6) is 0 Å². The summed E-state index contributed by atoms with van der Waals surface area (Å²) in [5, 5.41) is 9.99. The average Bonchev–Trinajstić information content (AvgIpc) is 2.91. The second kappa shape index (κ2) is 6.59. The highest BCUT2D eigenvalue weighted by atomic mass is 19.1. The van der Waals surface area contributed by atoms with Gasteiger partial charge in [0.1, 0.15) is 11.5 Å². The lowest BCUT2D eigenvalue weighted by atomic mass is 9.93. The molecule has 2 N–H and O–H groups in total. The van der Waals surface area contributed by atoms with Crippen LogP contribution in [0.25, 0.3) is 5.69 Å². The van der Waals surface area contributed by atoms with Crippen LogP contribution >= 0.6 is 0 Å². The van der Waals surface area contributed by atoms with Gasteiger partial charge in [-0.2, -0.15) is 5.10 Å². The summed E-state index contributed by atoms with van der Waals surface area (Å²) in [5.41, 5.74) is 1.94. The first kappa shape index (κ1) is 16.4. The van der Waals surface area contributed by atoms with Crippen molar-refractivity contribution in [3.05, 3.63) is 47.3 Å². The van der Waals surface area contributed by atoms with Crippen LogP contribution in [-0.4, -0.2) is 21.9 Å². The minimum atomic E-state index is -0.659. The standard InChI is InChI=1S/C17H20F2N4O/c1-10(2)21-17(24)22-14-4-3-5-15-12(14)9-20-23(15)16-7-6-11(18)8-13(16)19/h6-10,14H,3-5H2,1-2H3,(H2,21,22,24)/t14-/m0/s1. The molecule has 0 aliphatic heterocycles. The van der Waals surface area contributed by atoms with Crippen LogP contribution < -0.4 is 10.6 Å². The first-order chi connectivity index (χ1) is 11.5. The predicted molar refractivity (Wildman–Crippen MR) is 86.0 cm³/mol. The van der Waals surface area contributed by atoms with Gasteiger partial charge in [-0.1, -0.05) is 0 Å². The molecule has 1 heterocycles. The van der Waals surface area contributed by atoms with Crippen molar-refractivity contribution in [3.63, 3.8) is 0 Å². The summed E-state index contributed by atoms with van der Waals surface area (Å²) in [6.07, 6.45) is 4.04. The fourth-order valence-corrected chi connectivity index (χ4v) is 3.03. The lowest BCUT2D eigenvalue weighted by Gasteiger charge is -2.25. The lowest BCUT2D eigenvalue weighted by molar-refractivity contribution is 0.233. The largest absolute Gasteiger partial charge is 0.336 e. The van der Waals surface area contributed by atoms with E-state index in [0.29, 0.717) is 0 Å². The number of amides is 2. The summed E-state index contributed by atoms with van der Waals surface area (Å²) >= 11 is 0. The van der Waals surface area contributed by atoms with Crippen molar-refractivity contribution < 1.29 is 13.6 Å². The molecule has 1 aliphatic carbocycles. The number of benzene rings is 1. The van der Waals surface area contributed by atoms with Gasteiger partial charge in [0.25, 0.3) is 0 Å². The van der Waals surface area contributed by atoms with E-state index in [1.807, 2.05) is 13.8 Å². The zero-order valence-electron chi connectivity index (χ0n) is 13.6. The smallest absolute Gasteiger partial charge is 0.315 e. The summed E-state index contributed by atoms with van der Waals surface area (Å²) in [6.45, 7) is 3.78. The second-order valence-electron chi connectivity index (χ2n) is 6.27. The number of urea groups is 1. The van der Waals surface area contributed by atoms with E-state index in [-0.39, 0.29) is 23.8 Å². The molecule has 0 radical (unpaired) electrons. The zero-order valence-corrected chi connectivity index (χ0v) is 13.6. The highest BCUT2D eigenvalue weighted by Gasteiger charge is 2.26. The first-order valence-electron chi connectivity index (χ1n) is 8.05. The number of carbonyl (C=O) groups is 1. The van der Waals surface area contributed by atoms with E-state index in [1.54, 1.807) is 6.20 Å². The maximum absolute atomic E-state index is 14.1. The Kier molecular flexibility index (Phi) is 4.51. The molecule has 1 aliphatic rings. The quantitative estimate of drug-likeness (QED) is 0.905. The summed E-state index contributed by atoms with van der Waals surface area (Å²) in [5.74, 6) is -1.28. The fraction of sp³-hybridized carbons (Fsp3) is 0.412. The van der Waals surface area contributed by atoms with Gasteiger partial charge >= 0.3 is 6.03 Å². The molecule has 0 spiro atoms. The summed E-state index contributed by atoms with van der Waals surface area (Å²) < 4.78 is 28.7. The van der Waals surface area contributed by atoms with Gasteiger partial charge in [-0.15, -0.1) is 0 Å². The summed E-state index contributed by atoms with van der Waals surface area (Å²) in [4.78, 5) is 11.9. The topological polar surface area (TPSA) is 59.0 Å². The number of hydrogen-bond donors (Lipinski definition) is 2. The van der Waals surface area contributed by atoms with Gasteiger partial charge in [-0.05, 0) is 45.2 Å². The highest BCUT2D eigenvalue weighted by Crippen LogP contribution is 2.31. The number of halogens is 2. The molecule has 0 bridgehead atoms. The Hall–Kier alpha value is -2.44. The van der Waals surface area contributed by atoms with E-state index in [4.69, 9.17) is 0 Å². The Labute approximate surface area is 139 Å². The molecule has 1 aromatic carbocycles. The van der Waals surface area contributed by atoms with Crippen molar-refractivity contribution >= 4 is 6.03 Å². The summed E-state index contributed by atoms with van der Waals surface area (Å²) in [6, 6.07) is 3.08. The van der Waals surface area contributed by atoms with Gasteiger partial charge in [0.2, 0.25) is 0 Å². The van der Waals surface area contributed by atoms with Crippen molar-refractivity contribution in [2.24, 2.45) is 0 Å². The van der Waals surface area contributed by atoms with Gasteiger partial charge < -0.3 is 10.6 Å². The zero-order chi connectivity index (χ0) is 17.3. The molecule has 1 atom stereocenters. The second-order valence-corrected chi connectivity index (χ2v) is 6.27. The van der Waals surface area contributed by atoms with Crippen LogP contribution in [0.4, 0.5) is 13.6 Å². The molecule has 3 rings (SSSR count). The Balaban J connectivity index is 1.88. The number of rotatable bonds is 3. The van der Waals surface area contributed by atoms with E-state index in [0.717, 1.165) is 36.6 Å². The normalized spacial score (nSPS) is 16.8. The van der Waals surface area contributed by atoms with Crippen molar-refractivity contribution in [2.45, 2.75) is 45.2 Å². The van der Waals surface area contributed by atoms with Crippen LogP contribution in [0.2, 0.25) is 0 Å². The van der Waals surface area contributed by atoms with Crippen molar-refractivity contribution in [2.75, 3.05) is 0 Å². The molecule has 0 saturated heterocycles. The maximum atomic E-state index is 14.1. The van der Waals surface area contributed by atoms with E-state index in [2.05, 4.69) is 15.7 Å². The van der Waals surface area contributed by atoms with Gasteiger partial charge in [0.05, 0.1) is 12.2 Å². The maximum Gasteiger partial charge on any atom is 0.315 e. The minimum absolute atomic E-state index is 0.0455. The predicted octanol–water partition coefficient (Wildman–Crippen LogP) is 3.24. The molecular formula is C17H20F2N4O. The lowest BCUT2D eigenvalue weighted by Crippen LogP contribution is -2.42. The Morgan fingerprint density at radius 1 is 1.38 bits per heavy atom. The van der Waals surface area contributed by atoms with Crippen LogP contribution in [-0.2, 0) is 6.42 Å². The molecule has 2 amide bonds. The Bertz CT molecular complexity index is 757. The van der Waals surface area contributed by atoms with Gasteiger partial charge in [0, 0.05) is 23.4 Å². The van der Waals surface area contributed by atoms with Gasteiger partial charge in [0.15, 0.2) is 5.82 Å². The Morgan fingerprint density at radius 2 is 2.17 bits per heavy atom. The average molecular weight is 334 g/mol. The van der Waals surface area contributed by atoms with Crippen molar-refractivity contribution in [1.82, 2.24) is 20.4 Å². The van der Waals surface area contributed by atoms with Crippen LogP contribution in [0.3, 0.4) is 0 Å². The third-order valence-electron chi connectivity index (χ3n) is 4.05. The molecule has 0 saturated carbocycles. The number of hydrogen-bond acceptors (Lipinski definition) is 2. The van der Waals surface area contributed by atoms with E-state index >= 15 is 0 Å². The monoisotopic (exact) mass is 334 g/mol. The molecule has 0 unspecified atom stereocenters. The molecule has 1 aromatic heterocycles. The minimum Gasteiger partial charge on any atom is -0.336 e. The number of fused-ring (bicyclic) bond motifs is 1. The van der Waals surface area contributed by atoms with E-state index in [9.17, 15) is 13.6 Å². The molecular weight excluding hydrogens is 314 g/mol. The third-order valence-corrected chi connectivity index (χ3v) is 4.05. The molecule has 2 aromatic rings. The molecule has 24 heavy (non-hydrogen) atoms.